The number of hydrogen-bond donors (Lipinski definition) is 2. The number of rotatable bonds is 9. The summed E-state index contributed by atoms with van der Waals surface area (Å²) in [5, 5.41) is 3.06. The molecule has 7 nitrogen and oxygen atoms in total. The Bertz CT molecular complexity index is 732. The van der Waals surface area contributed by atoms with E-state index in [0.717, 1.165) is 58.2 Å². The van der Waals surface area contributed by atoms with Gasteiger partial charge in [0.2, 0.25) is 17.7 Å². The Morgan fingerprint density at radius 1 is 1.00 bits per heavy atom. The highest BCUT2D eigenvalue weighted by molar-refractivity contribution is 5.80. The van der Waals surface area contributed by atoms with Crippen molar-refractivity contribution in [3.05, 3.63) is 35.9 Å². The predicted octanol–water partition coefficient (Wildman–Crippen LogP) is 1.56. The second kappa shape index (κ2) is 11.8. The number of carbonyl (C=O) groups is 3. The molecule has 7 heteroatoms. The number of likely N-dealkylation sites (tertiary alicyclic amines) is 2. The van der Waals surface area contributed by atoms with Crippen LogP contribution in [0.2, 0.25) is 0 Å². The van der Waals surface area contributed by atoms with E-state index in [2.05, 4.69) is 10.2 Å². The maximum atomic E-state index is 12.5. The number of benzene rings is 1. The second-order valence-corrected chi connectivity index (χ2v) is 8.83. The van der Waals surface area contributed by atoms with Crippen molar-refractivity contribution in [3.8, 4) is 0 Å². The van der Waals surface area contributed by atoms with Gasteiger partial charge in [-0.05, 0) is 57.2 Å². The number of carbonyl (C=O) groups excluding carboxylic acids is 3. The van der Waals surface area contributed by atoms with Crippen LogP contribution in [0.25, 0.3) is 0 Å². The van der Waals surface area contributed by atoms with Gasteiger partial charge in [-0.2, -0.15) is 0 Å². The van der Waals surface area contributed by atoms with Gasteiger partial charge in [0.05, 0.1) is 5.92 Å². The summed E-state index contributed by atoms with van der Waals surface area (Å²) in [7, 11) is 0. The molecule has 0 radical (unpaired) electrons. The van der Waals surface area contributed by atoms with Crippen LogP contribution in [0.15, 0.2) is 30.3 Å². The van der Waals surface area contributed by atoms with Crippen LogP contribution in [0.3, 0.4) is 0 Å². The average molecular weight is 429 g/mol. The van der Waals surface area contributed by atoms with E-state index in [-0.39, 0.29) is 29.6 Å². The fourth-order valence-corrected chi connectivity index (χ4v) is 4.59. The molecule has 1 unspecified atom stereocenters. The largest absolute Gasteiger partial charge is 0.369 e. The van der Waals surface area contributed by atoms with Gasteiger partial charge >= 0.3 is 0 Å². The van der Waals surface area contributed by atoms with Gasteiger partial charge in [0, 0.05) is 38.5 Å². The predicted molar refractivity (Wildman–Crippen MR) is 120 cm³/mol. The van der Waals surface area contributed by atoms with E-state index in [0.29, 0.717) is 26.1 Å². The van der Waals surface area contributed by atoms with E-state index in [1.54, 1.807) is 0 Å². The molecule has 2 aliphatic heterocycles. The summed E-state index contributed by atoms with van der Waals surface area (Å²) >= 11 is 0. The number of amides is 3. The Labute approximate surface area is 185 Å². The van der Waals surface area contributed by atoms with Crippen molar-refractivity contribution in [2.45, 2.75) is 44.9 Å². The molecular weight excluding hydrogens is 392 g/mol. The Morgan fingerprint density at radius 3 is 2.45 bits per heavy atom. The molecular formula is C24H36N4O3. The van der Waals surface area contributed by atoms with Crippen LogP contribution in [0.5, 0.6) is 0 Å². The summed E-state index contributed by atoms with van der Waals surface area (Å²) in [5.74, 6) is 0.0303. The van der Waals surface area contributed by atoms with Crippen LogP contribution in [0, 0.1) is 11.8 Å². The van der Waals surface area contributed by atoms with Crippen LogP contribution in [-0.2, 0) is 20.8 Å². The first-order valence-corrected chi connectivity index (χ1v) is 11.6. The van der Waals surface area contributed by atoms with Crippen molar-refractivity contribution >= 4 is 17.7 Å². The van der Waals surface area contributed by atoms with E-state index >= 15 is 0 Å². The molecule has 3 amide bonds. The topological polar surface area (TPSA) is 95.7 Å². The Morgan fingerprint density at radius 2 is 1.74 bits per heavy atom. The van der Waals surface area contributed by atoms with Gasteiger partial charge in [-0.25, -0.2) is 0 Å². The minimum absolute atomic E-state index is 0.00704. The molecule has 1 aromatic rings. The highest BCUT2D eigenvalue weighted by Gasteiger charge is 2.27. The van der Waals surface area contributed by atoms with Crippen molar-refractivity contribution in [2.75, 3.05) is 39.3 Å². The number of hydrogen-bond acceptors (Lipinski definition) is 4. The molecule has 1 atom stereocenters. The zero-order valence-electron chi connectivity index (χ0n) is 18.4. The molecule has 2 fully saturated rings. The van der Waals surface area contributed by atoms with Crippen molar-refractivity contribution < 1.29 is 14.4 Å². The van der Waals surface area contributed by atoms with Crippen molar-refractivity contribution in [2.24, 2.45) is 17.6 Å². The van der Waals surface area contributed by atoms with E-state index in [9.17, 15) is 14.4 Å². The summed E-state index contributed by atoms with van der Waals surface area (Å²) in [6, 6.07) is 10.1. The van der Waals surface area contributed by atoms with E-state index in [1.165, 1.54) is 5.56 Å². The Hall–Kier alpha value is -2.41. The Balaban J connectivity index is 1.28. The first-order valence-electron chi connectivity index (χ1n) is 11.6. The second-order valence-electron chi connectivity index (χ2n) is 8.83. The Kier molecular flexibility index (Phi) is 8.88. The molecule has 31 heavy (non-hydrogen) atoms. The molecule has 1 aromatic carbocycles. The number of nitrogens with one attached hydrogen (secondary N) is 1. The highest BCUT2D eigenvalue weighted by atomic mass is 16.2. The van der Waals surface area contributed by atoms with Gasteiger partial charge in [-0.15, -0.1) is 0 Å². The highest BCUT2D eigenvalue weighted by Crippen LogP contribution is 2.19. The summed E-state index contributed by atoms with van der Waals surface area (Å²) in [6.07, 6.45) is 5.50. The molecule has 3 N–H and O–H groups in total. The van der Waals surface area contributed by atoms with Gasteiger partial charge in [-0.3, -0.25) is 14.4 Å². The molecule has 0 saturated carbocycles. The zero-order valence-corrected chi connectivity index (χ0v) is 18.4. The smallest absolute Gasteiger partial charge is 0.223 e. The molecule has 0 bridgehead atoms. The summed E-state index contributed by atoms with van der Waals surface area (Å²) in [5.41, 5.74) is 6.61. The van der Waals surface area contributed by atoms with Crippen molar-refractivity contribution in [3.63, 3.8) is 0 Å². The van der Waals surface area contributed by atoms with Gasteiger partial charge in [0.1, 0.15) is 0 Å². The number of nitrogens with two attached hydrogens (primary N) is 1. The fraction of sp³-hybridized carbons (Fsp3) is 0.625. The van der Waals surface area contributed by atoms with Gasteiger partial charge in [0.15, 0.2) is 0 Å². The van der Waals surface area contributed by atoms with E-state index in [1.807, 2.05) is 35.2 Å². The van der Waals surface area contributed by atoms with Gasteiger partial charge < -0.3 is 20.9 Å². The minimum Gasteiger partial charge on any atom is -0.369 e. The quantitative estimate of drug-likeness (QED) is 0.584. The van der Waals surface area contributed by atoms with Crippen LogP contribution in [0.4, 0.5) is 0 Å². The molecule has 0 aromatic heterocycles. The lowest BCUT2D eigenvalue weighted by atomic mass is 9.95. The van der Waals surface area contributed by atoms with Crippen molar-refractivity contribution in [1.29, 1.82) is 0 Å². The van der Waals surface area contributed by atoms with Crippen LogP contribution < -0.4 is 11.1 Å². The molecule has 2 saturated heterocycles. The lowest BCUT2D eigenvalue weighted by Gasteiger charge is -2.32. The molecule has 0 spiro atoms. The standard InChI is InChI=1S/C24H36N4O3/c25-23(30)21-8-4-14-27(18-21)15-5-13-26-24(31)20-11-16-28(17-12-20)22(29)10-9-19-6-2-1-3-7-19/h1-3,6-7,20-21H,4-5,8-18H2,(H2,25,30)(H,26,31). The summed E-state index contributed by atoms with van der Waals surface area (Å²) < 4.78 is 0. The normalized spacial score (nSPS) is 20.4. The number of piperidine rings is 2. The maximum Gasteiger partial charge on any atom is 0.223 e. The zero-order chi connectivity index (χ0) is 22.1. The lowest BCUT2D eigenvalue weighted by molar-refractivity contribution is -0.135. The van der Waals surface area contributed by atoms with Crippen LogP contribution in [-0.4, -0.2) is 66.8 Å². The van der Waals surface area contributed by atoms with Crippen molar-refractivity contribution in [1.82, 2.24) is 15.1 Å². The molecule has 3 rings (SSSR count). The third-order valence-corrected chi connectivity index (χ3v) is 6.55. The number of primary amides is 1. The third-order valence-electron chi connectivity index (χ3n) is 6.55. The maximum absolute atomic E-state index is 12.5. The number of nitrogens with zero attached hydrogens (tertiary/aromatic N) is 2. The molecule has 170 valence electrons. The monoisotopic (exact) mass is 428 g/mol. The average Bonchev–Trinajstić information content (AvgIpc) is 2.81. The van der Waals surface area contributed by atoms with E-state index in [4.69, 9.17) is 5.73 Å². The summed E-state index contributed by atoms with van der Waals surface area (Å²) in [6.45, 7) is 4.57. The fourth-order valence-electron chi connectivity index (χ4n) is 4.59. The summed E-state index contributed by atoms with van der Waals surface area (Å²) in [4.78, 5) is 40.5. The number of aryl methyl sites for hydroxylation is 1. The molecule has 2 heterocycles. The SMILES string of the molecule is NC(=O)C1CCCN(CCCNC(=O)C2CCN(C(=O)CCc3ccccc3)CC2)C1. The van der Waals surface area contributed by atoms with Gasteiger partial charge in [-0.1, -0.05) is 30.3 Å². The van der Waals surface area contributed by atoms with Gasteiger partial charge in [0.25, 0.3) is 0 Å². The van der Waals surface area contributed by atoms with Crippen LogP contribution in [0.1, 0.15) is 44.1 Å². The molecule has 0 aliphatic carbocycles. The minimum atomic E-state index is -0.206. The third kappa shape index (κ3) is 7.35. The first-order chi connectivity index (χ1) is 15.0. The first kappa shape index (κ1) is 23.3. The van der Waals surface area contributed by atoms with E-state index < -0.39 is 0 Å². The van der Waals surface area contributed by atoms with Crippen LogP contribution >= 0.6 is 0 Å². The lowest BCUT2D eigenvalue weighted by Crippen LogP contribution is -2.44. The molecule has 2 aliphatic rings.